The summed E-state index contributed by atoms with van der Waals surface area (Å²) in [6.07, 6.45) is -0.584. The topological polar surface area (TPSA) is 139 Å². The lowest BCUT2D eigenvalue weighted by atomic mass is 10.1. The monoisotopic (exact) mass is 270 g/mol. The van der Waals surface area contributed by atoms with Crippen molar-refractivity contribution in [1.82, 2.24) is 9.55 Å². The average molecular weight is 270 g/mol. The van der Waals surface area contributed by atoms with Crippen LogP contribution in [0.15, 0.2) is 16.1 Å². The van der Waals surface area contributed by atoms with Crippen LogP contribution in [-0.2, 0) is 4.74 Å². The van der Waals surface area contributed by atoms with Crippen LogP contribution in [0.5, 0.6) is 0 Å². The van der Waals surface area contributed by atoms with Crippen molar-refractivity contribution in [3.8, 4) is 0 Å². The summed E-state index contributed by atoms with van der Waals surface area (Å²) in [5, 5.41) is 12.6. The van der Waals surface area contributed by atoms with Gasteiger partial charge in [0.1, 0.15) is 6.23 Å². The third-order valence-electron chi connectivity index (χ3n) is 2.83. The highest BCUT2D eigenvalue weighted by molar-refractivity contribution is 5.26. The second-order valence-electron chi connectivity index (χ2n) is 3.98. The fraction of sp³-hybridized carbons (Fsp3) is 0.556. The second kappa shape index (κ2) is 5.22. The SMILES string of the molecule is [N-]=[N+]=NC1C[C@@H](n2cc(F)c(N)nc2=O)O[C@H]1CO. The van der Waals surface area contributed by atoms with Crippen molar-refractivity contribution in [2.45, 2.75) is 24.8 Å². The van der Waals surface area contributed by atoms with Gasteiger partial charge in [0.2, 0.25) is 0 Å². The van der Waals surface area contributed by atoms with Gasteiger partial charge in [-0.1, -0.05) is 5.11 Å². The number of nitrogens with two attached hydrogens (primary N) is 1. The molecule has 1 aliphatic heterocycles. The minimum Gasteiger partial charge on any atom is -0.394 e. The fourth-order valence-electron chi connectivity index (χ4n) is 1.90. The van der Waals surface area contributed by atoms with Gasteiger partial charge in [0.25, 0.3) is 0 Å². The Kier molecular flexibility index (Phi) is 3.65. The molecular formula is C9H11FN6O3. The van der Waals surface area contributed by atoms with Gasteiger partial charge in [-0.15, -0.1) is 0 Å². The third-order valence-corrected chi connectivity index (χ3v) is 2.83. The standard InChI is InChI=1S/C9H11FN6O3/c10-4-2-16(9(18)13-8(4)11)7-1-5(14-15-12)6(3-17)19-7/h2,5-7,17H,1,3H2,(H2,11,13,18)/t5?,6-,7-/m0/s1. The lowest BCUT2D eigenvalue weighted by Gasteiger charge is -2.14. The maximum atomic E-state index is 13.3. The van der Waals surface area contributed by atoms with Gasteiger partial charge in [0, 0.05) is 11.3 Å². The van der Waals surface area contributed by atoms with Gasteiger partial charge >= 0.3 is 5.69 Å². The molecule has 2 rings (SSSR count). The Bertz CT molecular complexity index is 584. The Labute approximate surface area is 106 Å². The average Bonchev–Trinajstić information content (AvgIpc) is 2.77. The molecule has 0 aliphatic carbocycles. The van der Waals surface area contributed by atoms with Gasteiger partial charge in [-0.3, -0.25) is 4.57 Å². The molecule has 3 N–H and O–H groups in total. The lowest BCUT2D eigenvalue weighted by molar-refractivity contribution is -0.0273. The van der Waals surface area contributed by atoms with Crippen molar-refractivity contribution in [3.63, 3.8) is 0 Å². The van der Waals surface area contributed by atoms with Crippen molar-refractivity contribution in [3.05, 3.63) is 32.9 Å². The first-order valence-corrected chi connectivity index (χ1v) is 5.41. The Hall–Kier alpha value is -2.16. The zero-order chi connectivity index (χ0) is 14.0. The Morgan fingerprint density at radius 3 is 3.16 bits per heavy atom. The molecule has 1 fully saturated rings. The van der Waals surface area contributed by atoms with E-state index in [2.05, 4.69) is 15.0 Å². The number of halogens is 1. The quantitative estimate of drug-likeness (QED) is 0.449. The van der Waals surface area contributed by atoms with E-state index >= 15 is 0 Å². The summed E-state index contributed by atoms with van der Waals surface area (Å²) in [5.74, 6) is -1.35. The van der Waals surface area contributed by atoms with Crippen LogP contribution in [0.3, 0.4) is 0 Å². The van der Waals surface area contributed by atoms with Crippen molar-refractivity contribution >= 4 is 5.82 Å². The fourth-order valence-corrected chi connectivity index (χ4v) is 1.90. The van der Waals surface area contributed by atoms with E-state index in [1.165, 1.54) is 0 Å². The van der Waals surface area contributed by atoms with Crippen LogP contribution in [0.4, 0.5) is 10.2 Å². The number of aliphatic hydroxyl groups is 1. The maximum Gasteiger partial charge on any atom is 0.351 e. The molecule has 1 aromatic heterocycles. The summed E-state index contributed by atoms with van der Waals surface area (Å²) in [7, 11) is 0. The molecule has 0 radical (unpaired) electrons. The first-order chi connectivity index (χ1) is 9.06. The van der Waals surface area contributed by atoms with Crippen molar-refractivity contribution in [2.24, 2.45) is 5.11 Å². The number of anilines is 1. The molecule has 0 bridgehead atoms. The highest BCUT2D eigenvalue weighted by Crippen LogP contribution is 2.30. The molecule has 1 aromatic rings. The van der Waals surface area contributed by atoms with Gasteiger partial charge in [0.15, 0.2) is 11.6 Å². The number of ether oxygens (including phenoxy) is 1. The minimum atomic E-state index is -0.859. The molecule has 3 atom stereocenters. The highest BCUT2D eigenvalue weighted by Gasteiger charge is 2.36. The smallest absolute Gasteiger partial charge is 0.351 e. The maximum absolute atomic E-state index is 13.3. The zero-order valence-corrected chi connectivity index (χ0v) is 9.68. The number of hydrogen-bond donors (Lipinski definition) is 2. The molecule has 0 amide bonds. The Morgan fingerprint density at radius 1 is 1.79 bits per heavy atom. The Balaban J connectivity index is 2.32. The number of aromatic nitrogens is 2. The van der Waals surface area contributed by atoms with Crippen molar-refractivity contribution in [2.75, 3.05) is 12.3 Å². The summed E-state index contributed by atoms with van der Waals surface area (Å²) in [6.45, 7) is -0.375. The van der Waals surface area contributed by atoms with E-state index < -0.39 is 35.7 Å². The van der Waals surface area contributed by atoms with Gasteiger partial charge in [-0.2, -0.15) is 4.98 Å². The molecule has 102 valence electrons. The molecule has 1 unspecified atom stereocenters. The van der Waals surface area contributed by atoms with E-state index in [1.807, 2.05) is 0 Å². The van der Waals surface area contributed by atoms with Crippen LogP contribution in [0.25, 0.3) is 10.4 Å². The van der Waals surface area contributed by atoms with Crippen LogP contribution in [0.1, 0.15) is 12.6 Å². The van der Waals surface area contributed by atoms with Gasteiger partial charge < -0.3 is 15.6 Å². The normalized spacial score (nSPS) is 26.1. The summed E-state index contributed by atoms with van der Waals surface area (Å²) >= 11 is 0. The second-order valence-corrected chi connectivity index (χ2v) is 3.98. The number of nitrogen functional groups attached to an aromatic ring is 1. The van der Waals surface area contributed by atoms with E-state index in [-0.39, 0.29) is 13.0 Å². The third kappa shape index (κ3) is 2.50. The number of nitrogens with zero attached hydrogens (tertiary/aromatic N) is 5. The predicted molar refractivity (Wildman–Crippen MR) is 61.4 cm³/mol. The van der Waals surface area contributed by atoms with Gasteiger partial charge in [0.05, 0.1) is 24.9 Å². The summed E-state index contributed by atoms with van der Waals surface area (Å²) in [6, 6.07) is -0.632. The predicted octanol–water partition coefficient (Wildman–Crippen LogP) is -0.0767. The van der Waals surface area contributed by atoms with E-state index in [9.17, 15) is 9.18 Å². The molecule has 19 heavy (non-hydrogen) atoms. The lowest BCUT2D eigenvalue weighted by Crippen LogP contribution is -2.29. The van der Waals surface area contributed by atoms with E-state index in [4.69, 9.17) is 21.1 Å². The zero-order valence-electron chi connectivity index (χ0n) is 9.68. The molecule has 2 heterocycles. The summed E-state index contributed by atoms with van der Waals surface area (Å²) in [4.78, 5) is 17.5. The molecule has 1 saturated heterocycles. The molecule has 0 saturated carbocycles. The van der Waals surface area contributed by atoms with Crippen LogP contribution in [0.2, 0.25) is 0 Å². The van der Waals surface area contributed by atoms with Crippen LogP contribution in [-0.4, -0.2) is 33.4 Å². The van der Waals surface area contributed by atoms with E-state index in [1.54, 1.807) is 0 Å². The molecule has 10 heteroatoms. The first kappa shape index (κ1) is 13.3. The number of azide groups is 1. The van der Waals surface area contributed by atoms with Crippen LogP contribution in [0, 0.1) is 5.82 Å². The minimum absolute atomic E-state index is 0.139. The molecule has 9 nitrogen and oxygen atoms in total. The van der Waals surface area contributed by atoms with Crippen LogP contribution < -0.4 is 11.4 Å². The molecule has 0 spiro atoms. The number of aliphatic hydroxyl groups excluding tert-OH is 1. The summed E-state index contributed by atoms with van der Waals surface area (Å²) < 4.78 is 19.6. The van der Waals surface area contributed by atoms with Crippen molar-refractivity contribution < 1.29 is 14.2 Å². The number of hydrogen-bond acceptors (Lipinski definition) is 6. The first-order valence-electron chi connectivity index (χ1n) is 5.41. The Morgan fingerprint density at radius 2 is 2.53 bits per heavy atom. The van der Waals surface area contributed by atoms with E-state index in [0.29, 0.717) is 0 Å². The highest BCUT2D eigenvalue weighted by atomic mass is 19.1. The van der Waals surface area contributed by atoms with Gasteiger partial charge in [-0.25, -0.2) is 9.18 Å². The largest absolute Gasteiger partial charge is 0.394 e. The molecule has 1 aliphatic rings. The summed E-state index contributed by atoms with van der Waals surface area (Å²) in [5.41, 5.74) is 12.8. The van der Waals surface area contributed by atoms with Crippen molar-refractivity contribution in [1.29, 1.82) is 0 Å². The van der Waals surface area contributed by atoms with Gasteiger partial charge in [-0.05, 0) is 5.53 Å². The van der Waals surface area contributed by atoms with Crippen LogP contribution >= 0.6 is 0 Å². The van der Waals surface area contributed by atoms with E-state index in [0.717, 1.165) is 10.8 Å². The molecular weight excluding hydrogens is 259 g/mol. The number of rotatable bonds is 3. The molecule has 0 aromatic carbocycles.